The second-order valence-electron chi connectivity index (χ2n) is 6.24. The van der Waals surface area contributed by atoms with Gasteiger partial charge in [-0.25, -0.2) is 5.01 Å². The van der Waals surface area contributed by atoms with Gasteiger partial charge in [-0.3, -0.25) is 10.2 Å². The summed E-state index contributed by atoms with van der Waals surface area (Å²) in [5.74, 6) is -0.131. The Balaban J connectivity index is 1.71. The van der Waals surface area contributed by atoms with Crippen LogP contribution in [0.25, 0.3) is 5.70 Å². The molecule has 27 heavy (non-hydrogen) atoms. The molecule has 0 unspecified atom stereocenters. The minimum atomic E-state index is -0.249. The van der Waals surface area contributed by atoms with E-state index >= 15 is 0 Å². The van der Waals surface area contributed by atoms with E-state index in [1.807, 2.05) is 60.7 Å². The van der Waals surface area contributed by atoms with Crippen LogP contribution in [0.5, 0.6) is 0 Å². The number of amides is 1. The van der Waals surface area contributed by atoms with Crippen molar-refractivity contribution in [1.29, 1.82) is 0 Å². The number of nitrogens with zero attached hydrogens (tertiary/aromatic N) is 1. The molecule has 5 heteroatoms. The predicted octanol–water partition coefficient (Wildman–Crippen LogP) is 5.74. The summed E-state index contributed by atoms with van der Waals surface area (Å²) in [6.45, 7) is 0. The fourth-order valence-electron chi connectivity index (χ4n) is 3.06. The molecular weight excluding hydrogens is 379 g/mol. The molecule has 0 radical (unpaired) electrons. The third-order valence-corrected chi connectivity index (χ3v) is 4.95. The zero-order valence-corrected chi connectivity index (χ0v) is 15.8. The van der Waals surface area contributed by atoms with E-state index in [0.717, 1.165) is 16.8 Å². The van der Waals surface area contributed by atoms with Crippen molar-refractivity contribution in [2.24, 2.45) is 0 Å². The molecule has 4 rings (SSSR count). The van der Waals surface area contributed by atoms with Crippen molar-refractivity contribution < 1.29 is 4.79 Å². The van der Waals surface area contributed by atoms with Gasteiger partial charge in [0.1, 0.15) is 0 Å². The highest BCUT2D eigenvalue weighted by Gasteiger charge is 2.31. The Hall–Kier alpha value is -2.75. The highest BCUT2D eigenvalue weighted by Crippen LogP contribution is 2.33. The quantitative estimate of drug-likeness (QED) is 0.614. The minimum absolute atomic E-state index is 0.131. The average Bonchev–Trinajstić information content (AvgIpc) is 3.15. The highest BCUT2D eigenvalue weighted by atomic mass is 35.5. The van der Waals surface area contributed by atoms with E-state index in [0.29, 0.717) is 15.6 Å². The predicted molar refractivity (Wildman–Crippen MR) is 109 cm³/mol. The van der Waals surface area contributed by atoms with Crippen LogP contribution >= 0.6 is 23.2 Å². The lowest BCUT2D eigenvalue weighted by Crippen LogP contribution is -2.39. The standard InChI is InChI=1S/C22H16Cl2N2O/c23-18-10-6-16(7-11-18)21-14-20(15-4-2-1-3-5-15)25-26(21)22(27)17-8-12-19(24)13-9-17/h1-14,21,25H/t21-/m1/s1. The Morgan fingerprint density at radius 3 is 2.04 bits per heavy atom. The topological polar surface area (TPSA) is 32.3 Å². The molecule has 1 aliphatic rings. The minimum Gasteiger partial charge on any atom is -0.295 e. The molecule has 0 saturated heterocycles. The van der Waals surface area contributed by atoms with Crippen LogP contribution in [0.2, 0.25) is 10.0 Å². The second-order valence-corrected chi connectivity index (χ2v) is 7.11. The molecule has 0 saturated carbocycles. The SMILES string of the molecule is O=C(c1ccc(Cl)cc1)N1NC(c2ccccc2)=C[C@@H]1c1ccc(Cl)cc1. The van der Waals surface area contributed by atoms with E-state index < -0.39 is 0 Å². The summed E-state index contributed by atoms with van der Waals surface area (Å²) in [5.41, 5.74) is 6.70. The molecular formula is C22H16Cl2N2O. The zero-order valence-electron chi connectivity index (χ0n) is 14.3. The van der Waals surface area contributed by atoms with Crippen LogP contribution < -0.4 is 5.43 Å². The summed E-state index contributed by atoms with van der Waals surface area (Å²) < 4.78 is 0. The van der Waals surface area contributed by atoms with E-state index in [1.165, 1.54) is 0 Å². The van der Waals surface area contributed by atoms with Gasteiger partial charge in [-0.2, -0.15) is 0 Å². The van der Waals surface area contributed by atoms with Gasteiger partial charge in [0, 0.05) is 15.6 Å². The van der Waals surface area contributed by atoms with Gasteiger partial charge in [0.05, 0.1) is 11.7 Å². The fourth-order valence-corrected chi connectivity index (χ4v) is 3.31. The summed E-state index contributed by atoms with van der Waals surface area (Å²) in [7, 11) is 0. The van der Waals surface area contributed by atoms with Crippen LogP contribution in [0.3, 0.4) is 0 Å². The fraction of sp³-hybridized carbons (Fsp3) is 0.0455. The molecule has 1 atom stereocenters. The summed E-state index contributed by atoms with van der Waals surface area (Å²) in [6, 6.07) is 24.1. The Kier molecular flexibility index (Phi) is 4.88. The number of benzene rings is 3. The third kappa shape index (κ3) is 3.70. The van der Waals surface area contributed by atoms with Gasteiger partial charge in [0.2, 0.25) is 0 Å². The molecule has 0 spiro atoms. The smallest absolute Gasteiger partial charge is 0.273 e. The maximum atomic E-state index is 13.1. The number of rotatable bonds is 3. The van der Waals surface area contributed by atoms with Crippen molar-refractivity contribution in [2.75, 3.05) is 0 Å². The molecule has 3 nitrogen and oxygen atoms in total. The molecule has 3 aromatic rings. The number of nitrogens with one attached hydrogen (secondary N) is 1. The van der Waals surface area contributed by atoms with Crippen LogP contribution in [0, 0.1) is 0 Å². The molecule has 1 aliphatic heterocycles. The van der Waals surface area contributed by atoms with E-state index in [2.05, 4.69) is 5.43 Å². The number of carbonyl (C=O) groups excluding carboxylic acids is 1. The number of hydrogen-bond donors (Lipinski definition) is 1. The summed E-state index contributed by atoms with van der Waals surface area (Å²) in [4.78, 5) is 13.1. The molecule has 0 fully saturated rings. The monoisotopic (exact) mass is 394 g/mol. The van der Waals surface area contributed by atoms with E-state index in [4.69, 9.17) is 23.2 Å². The maximum absolute atomic E-state index is 13.1. The summed E-state index contributed by atoms with van der Waals surface area (Å²) >= 11 is 12.0. The van der Waals surface area contributed by atoms with Crippen molar-refractivity contribution in [3.63, 3.8) is 0 Å². The van der Waals surface area contributed by atoms with Gasteiger partial charge in [0.25, 0.3) is 5.91 Å². The molecule has 1 amide bonds. The van der Waals surface area contributed by atoms with Crippen LogP contribution in [0.1, 0.15) is 27.5 Å². The first kappa shape index (κ1) is 17.7. The number of hydrazine groups is 1. The van der Waals surface area contributed by atoms with Gasteiger partial charge < -0.3 is 0 Å². The van der Waals surface area contributed by atoms with Crippen molar-refractivity contribution >= 4 is 34.8 Å². The van der Waals surface area contributed by atoms with Crippen molar-refractivity contribution in [2.45, 2.75) is 6.04 Å². The van der Waals surface area contributed by atoms with Gasteiger partial charge in [-0.05, 0) is 53.6 Å². The number of hydrogen-bond acceptors (Lipinski definition) is 2. The first-order valence-corrected chi connectivity index (χ1v) is 9.26. The van der Waals surface area contributed by atoms with Crippen molar-refractivity contribution in [1.82, 2.24) is 10.4 Å². The molecule has 0 aromatic heterocycles. The molecule has 1 heterocycles. The van der Waals surface area contributed by atoms with Crippen LogP contribution in [-0.4, -0.2) is 10.9 Å². The van der Waals surface area contributed by atoms with Gasteiger partial charge in [-0.15, -0.1) is 0 Å². The molecule has 134 valence electrons. The average molecular weight is 395 g/mol. The second kappa shape index (κ2) is 7.47. The Bertz CT molecular complexity index is 983. The summed E-state index contributed by atoms with van der Waals surface area (Å²) in [5, 5.41) is 2.89. The van der Waals surface area contributed by atoms with Crippen molar-refractivity contribution in [3.8, 4) is 0 Å². The lowest BCUT2D eigenvalue weighted by atomic mass is 10.0. The Labute approximate surface area is 167 Å². The normalized spacial score (nSPS) is 16.0. The van der Waals surface area contributed by atoms with Crippen LogP contribution in [-0.2, 0) is 0 Å². The molecule has 0 bridgehead atoms. The molecule has 1 N–H and O–H groups in total. The largest absolute Gasteiger partial charge is 0.295 e. The molecule has 3 aromatic carbocycles. The summed E-state index contributed by atoms with van der Waals surface area (Å²) in [6.07, 6.45) is 2.05. The molecule has 0 aliphatic carbocycles. The van der Waals surface area contributed by atoms with Crippen molar-refractivity contribution in [3.05, 3.63) is 112 Å². The number of carbonyl (C=O) groups is 1. The van der Waals surface area contributed by atoms with Gasteiger partial charge in [-0.1, -0.05) is 65.7 Å². The lowest BCUT2D eigenvalue weighted by Gasteiger charge is -2.25. The van der Waals surface area contributed by atoms with E-state index in [1.54, 1.807) is 29.3 Å². The number of halogens is 2. The van der Waals surface area contributed by atoms with Gasteiger partial charge in [0.15, 0.2) is 0 Å². The Morgan fingerprint density at radius 2 is 1.41 bits per heavy atom. The lowest BCUT2D eigenvalue weighted by molar-refractivity contribution is 0.0672. The first-order chi connectivity index (χ1) is 13.1. The van der Waals surface area contributed by atoms with Crippen LogP contribution in [0.15, 0.2) is 84.9 Å². The Morgan fingerprint density at radius 1 is 0.815 bits per heavy atom. The first-order valence-electron chi connectivity index (χ1n) is 8.50. The highest BCUT2D eigenvalue weighted by molar-refractivity contribution is 6.30. The zero-order chi connectivity index (χ0) is 18.8. The van der Waals surface area contributed by atoms with Crippen LogP contribution in [0.4, 0.5) is 0 Å². The van der Waals surface area contributed by atoms with E-state index in [-0.39, 0.29) is 11.9 Å². The van der Waals surface area contributed by atoms with Gasteiger partial charge >= 0.3 is 0 Å². The van der Waals surface area contributed by atoms with E-state index in [9.17, 15) is 4.79 Å². The third-order valence-electron chi connectivity index (χ3n) is 4.45. The maximum Gasteiger partial charge on any atom is 0.273 e.